The lowest BCUT2D eigenvalue weighted by Crippen LogP contribution is -2.14. The zero-order valence-corrected chi connectivity index (χ0v) is 17.6. The second-order valence-corrected chi connectivity index (χ2v) is 7.92. The molecule has 0 fully saturated rings. The summed E-state index contributed by atoms with van der Waals surface area (Å²) >= 11 is 13.6. The molecule has 28 heavy (non-hydrogen) atoms. The van der Waals surface area contributed by atoms with Crippen LogP contribution in [0.2, 0.25) is 10.0 Å². The van der Waals surface area contributed by atoms with Gasteiger partial charge in [-0.15, -0.1) is 11.3 Å². The number of methoxy groups -OCH3 is 2. The molecule has 1 N–H and O–H groups in total. The van der Waals surface area contributed by atoms with E-state index in [4.69, 9.17) is 32.7 Å². The van der Waals surface area contributed by atoms with Crippen molar-refractivity contribution in [3.8, 4) is 11.5 Å². The van der Waals surface area contributed by atoms with Gasteiger partial charge in [0.05, 0.1) is 20.6 Å². The van der Waals surface area contributed by atoms with Gasteiger partial charge in [0.2, 0.25) is 5.91 Å². The van der Waals surface area contributed by atoms with E-state index >= 15 is 0 Å². The third-order valence-electron chi connectivity index (χ3n) is 3.99. The number of nitrogens with zero attached hydrogens (tertiary/aromatic N) is 1. The number of amides is 1. The summed E-state index contributed by atoms with van der Waals surface area (Å²) in [5.74, 6) is 1.05. The van der Waals surface area contributed by atoms with E-state index in [0.29, 0.717) is 33.1 Å². The predicted molar refractivity (Wildman–Crippen MR) is 113 cm³/mol. The number of anilines is 1. The summed E-state index contributed by atoms with van der Waals surface area (Å²) in [6, 6.07) is 10.8. The van der Waals surface area contributed by atoms with E-state index in [1.807, 2.05) is 12.1 Å². The van der Waals surface area contributed by atoms with E-state index in [1.54, 1.807) is 44.7 Å². The fraction of sp³-hybridized carbons (Fsp3) is 0.200. The van der Waals surface area contributed by atoms with Gasteiger partial charge >= 0.3 is 0 Å². The molecule has 1 amide bonds. The van der Waals surface area contributed by atoms with Gasteiger partial charge in [-0.1, -0.05) is 35.3 Å². The summed E-state index contributed by atoms with van der Waals surface area (Å²) in [4.78, 5) is 17.6. The molecule has 0 saturated heterocycles. The lowest BCUT2D eigenvalue weighted by atomic mass is 10.1. The number of nitrogens with one attached hydrogen (secondary N) is 1. The first kappa shape index (κ1) is 20.5. The van der Waals surface area contributed by atoms with Crippen LogP contribution in [-0.4, -0.2) is 25.1 Å². The van der Waals surface area contributed by atoms with Gasteiger partial charge in [0.1, 0.15) is 0 Å². The molecule has 0 bridgehead atoms. The third kappa shape index (κ3) is 5.16. The number of thiazole rings is 1. The molecule has 0 spiro atoms. The van der Waals surface area contributed by atoms with Crippen LogP contribution in [0.25, 0.3) is 0 Å². The Hall–Kier alpha value is -2.28. The van der Waals surface area contributed by atoms with E-state index in [9.17, 15) is 4.79 Å². The summed E-state index contributed by atoms with van der Waals surface area (Å²) in [7, 11) is 3.13. The fourth-order valence-electron chi connectivity index (χ4n) is 2.64. The van der Waals surface area contributed by atoms with Crippen molar-refractivity contribution in [3.05, 3.63) is 68.6 Å². The first-order chi connectivity index (χ1) is 13.5. The molecule has 146 valence electrons. The van der Waals surface area contributed by atoms with Gasteiger partial charge < -0.3 is 14.8 Å². The summed E-state index contributed by atoms with van der Waals surface area (Å²) in [6.45, 7) is 0. The van der Waals surface area contributed by atoms with E-state index in [-0.39, 0.29) is 12.3 Å². The van der Waals surface area contributed by atoms with Gasteiger partial charge in [-0.3, -0.25) is 4.79 Å². The van der Waals surface area contributed by atoms with Crippen LogP contribution in [0.3, 0.4) is 0 Å². The fourth-order valence-corrected chi connectivity index (χ4v) is 3.97. The van der Waals surface area contributed by atoms with Crippen LogP contribution in [0.1, 0.15) is 16.0 Å². The minimum atomic E-state index is -0.155. The SMILES string of the molecule is COc1ccc(CC(=O)Nc2ncc(Cc3ccc(Cl)cc3Cl)s2)cc1OC. The van der Waals surface area contributed by atoms with Crippen molar-refractivity contribution in [1.82, 2.24) is 4.98 Å². The summed E-state index contributed by atoms with van der Waals surface area (Å²) in [6.07, 6.45) is 2.57. The Bertz CT molecular complexity index is 991. The monoisotopic (exact) mass is 436 g/mol. The maximum absolute atomic E-state index is 12.3. The van der Waals surface area contributed by atoms with Gasteiger partial charge in [-0.2, -0.15) is 0 Å². The molecule has 3 rings (SSSR count). The first-order valence-electron chi connectivity index (χ1n) is 8.38. The molecule has 0 aliphatic carbocycles. The summed E-state index contributed by atoms with van der Waals surface area (Å²) in [5, 5.41) is 4.58. The zero-order valence-electron chi connectivity index (χ0n) is 15.3. The predicted octanol–water partition coefficient (Wildman–Crippen LogP) is 5.24. The highest BCUT2D eigenvalue weighted by Gasteiger charge is 2.11. The number of hydrogen-bond donors (Lipinski definition) is 1. The second kappa shape index (κ2) is 9.28. The van der Waals surface area contributed by atoms with Gasteiger partial charge in [0.15, 0.2) is 16.6 Å². The van der Waals surface area contributed by atoms with Gasteiger partial charge in [0, 0.05) is 27.5 Å². The number of benzene rings is 2. The molecular formula is C20H18Cl2N2O3S. The molecule has 5 nitrogen and oxygen atoms in total. The molecule has 3 aromatic rings. The molecular weight excluding hydrogens is 419 g/mol. The summed E-state index contributed by atoms with van der Waals surface area (Å²) in [5.41, 5.74) is 1.78. The van der Waals surface area contributed by atoms with Crippen LogP contribution in [0.4, 0.5) is 5.13 Å². The molecule has 0 atom stereocenters. The Balaban J connectivity index is 1.62. The van der Waals surface area contributed by atoms with Crippen LogP contribution in [-0.2, 0) is 17.6 Å². The number of hydrogen-bond acceptors (Lipinski definition) is 5. The molecule has 1 heterocycles. The van der Waals surface area contributed by atoms with Crippen molar-refractivity contribution in [3.63, 3.8) is 0 Å². The zero-order chi connectivity index (χ0) is 20.1. The molecule has 0 aliphatic rings. The van der Waals surface area contributed by atoms with Gasteiger partial charge in [-0.05, 0) is 35.4 Å². The van der Waals surface area contributed by atoms with Crippen LogP contribution in [0.15, 0.2) is 42.6 Å². The maximum Gasteiger partial charge on any atom is 0.230 e. The largest absolute Gasteiger partial charge is 0.493 e. The highest BCUT2D eigenvalue weighted by molar-refractivity contribution is 7.15. The van der Waals surface area contributed by atoms with Crippen molar-refractivity contribution in [2.24, 2.45) is 0 Å². The number of carbonyl (C=O) groups excluding carboxylic acids is 1. The quantitative estimate of drug-likeness (QED) is 0.549. The molecule has 8 heteroatoms. The average molecular weight is 437 g/mol. The van der Waals surface area contributed by atoms with E-state index in [0.717, 1.165) is 16.0 Å². The van der Waals surface area contributed by atoms with Crippen LogP contribution in [0.5, 0.6) is 11.5 Å². The Labute approximate surface area is 177 Å². The van der Waals surface area contributed by atoms with E-state index < -0.39 is 0 Å². The molecule has 1 aromatic heterocycles. The number of rotatable bonds is 7. The van der Waals surface area contributed by atoms with Crippen molar-refractivity contribution in [2.45, 2.75) is 12.8 Å². The molecule has 0 aliphatic heterocycles. The molecule has 0 unspecified atom stereocenters. The van der Waals surface area contributed by atoms with Crippen LogP contribution in [0, 0.1) is 0 Å². The van der Waals surface area contributed by atoms with Crippen LogP contribution < -0.4 is 14.8 Å². The van der Waals surface area contributed by atoms with Crippen molar-refractivity contribution in [2.75, 3.05) is 19.5 Å². The number of halogens is 2. The molecule has 0 saturated carbocycles. The normalized spacial score (nSPS) is 10.6. The first-order valence-corrected chi connectivity index (χ1v) is 9.95. The Morgan fingerprint density at radius 1 is 1.11 bits per heavy atom. The van der Waals surface area contributed by atoms with E-state index in [1.165, 1.54) is 11.3 Å². The molecule has 2 aromatic carbocycles. The Morgan fingerprint density at radius 2 is 1.89 bits per heavy atom. The Kier molecular flexibility index (Phi) is 6.78. The van der Waals surface area contributed by atoms with Gasteiger partial charge in [-0.25, -0.2) is 4.98 Å². The topological polar surface area (TPSA) is 60.5 Å². The highest BCUT2D eigenvalue weighted by Crippen LogP contribution is 2.29. The Morgan fingerprint density at radius 3 is 2.61 bits per heavy atom. The number of ether oxygens (including phenoxy) is 2. The van der Waals surface area contributed by atoms with Crippen molar-refractivity contribution >= 4 is 45.6 Å². The van der Waals surface area contributed by atoms with E-state index in [2.05, 4.69) is 10.3 Å². The van der Waals surface area contributed by atoms with Gasteiger partial charge in [0.25, 0.3) is 0 Å². The van der Waals surface area contributed by atoms with Crippen LogP contribution >= 0.6 is 34.5 Å². The van der Waals surface area contributed by atoms with Crippen molar-refractivity contribution in [1.29, 1.82) is 0 Å². The maximum atomic E-state index is 12.3. The summed E-state index contributed by atoms with van der Waals surface area (Å²) < 4.78 is 10.5. The average Bonchev–Trinajstić information content (AvgIpc) is 3.10. The third-order valence-corrected chi connectivity index (χ3v) is 5.49. The minimum absolute atomic E-state index is 0.155. The second-order valence-electron chi connectivity index (χ2n) is 5.96. The standard InChI is InChI=1S/C20H18Cl2N2O3S/c1-26-17-6-3-12(7-18(17)27-2)8-19(25)24-20-23-11-15(28-20)9-13-4-5-14(21)10-16(13)22/h3-7,10-11H,8-9H2,1-2H3,(H,23,24,25). The number of aromatic nitrogens is 1. The smallest absolute Gasteiger partial charge is 0.230 e. The number of carbonyl (C=O) groups is 1. The highest BCUT2D eigenvalue weighted by atomic mass is 35.5. The van der Waals surface area contributed by atoms with Crippen molar-refractivity contribution < 1.29 is 14.3 Å². The lowest BCUT2D eigenvalue weighted by Gasteiger charge is -2.09. The minimum Gasteiger partial charge on any atom is -0.493 e. The lowest BCUT2D eigenvalue weighted by molar-refractivity contribution is -0.115. The molecule has 0 radical (unpaired) electrons.